The summed E-state index contributed by atoms with van der Waals surface area (Å²) in [6.45, 7) is 8.60. The van der Waals surface area contributed by atoms with Gasteiger partial charge in [-0.1, -0.05) is 18.7 Å². The van der Waals surface area contributed by atoms with Crippen LogP contribution in [0.1, 0.15) is 27.2 Å². The average Bonchev–Trinajstić information content (AvgIpc) is 3.04. The van der Waals surface area contributed by atoms with Crippen LogP contribution in [0.15, 0.2) is 35.5 Å². The Balaban J connectivity index is 2.14. The van der Waals surface area contributed by atoms with E-state index in [0.717, 1.165) is 0 Å². The minimum Gasteiger partial charge on any atom is -0.458 e. The molecule has 0 bridgehead atoms. The van der Waals surface area contributed by atoms with Gasteiger partial charge < -0.3 is 24.8 Å². The van der Waals surface area contributed by atoms with Gasteiger partial charge in [-0.3, -0.25) is 0 Å². The number of fused-ring (bicyclic) bond motifs is 3. The van der Waals surface area contributed by atoms with E-state index in [1.165, 1.54) is 6.08 Å². The quantitative estimate of drug-likeness (QED) is 0.274. The molecule has 28 heavy (non-hydrogen) atoms. The summed E-state index contributed by atoms with van der Waals surface area (Å²) in [7, 11) is 0. The third-order valence-corrected chi connectivity index (χ3v) is 6.77. The maximum atomic E-state index is 12.4. The highest BCUT2D eigenvalue weighted by atomic mass is 35.5. The van der Waals surface area contributed by atoms with Crippen molar-refractivity contribution in [1.29, 1.82) is 0 Å². The van der Waals surface area contributed by atoms with Gasteiger partial charge in [-0.2, -0.15) is 0 Å². The normalized spacial score (nSPS) is 43.0. The molecular formula is C20H25ClO7. The fraction of sp³-hybridized carbons (Fsp3) is 0.600. The molecule has 8 heteroatoms. The first-order valence-electron chi connectivity index (χ1n) is 9.12. The summed E-state index contributed by atoms with van der Waals surface area (Å²) in [5, 5.41) is 33.5. The molecule has 0 radical (unpaired) electrons. The summed E-state index contributed by atoms with van der Waals surface area (Å²) < 4.78 is 11.0. The van der Waals surface area contributed by atoms with Gasteiger partial charge in [0.25, 0.3) is 0 Å². The molecule has 3 N–H and O–H groups in total. The smallest absolute Gasteiger partial charge is 0.334 e. The number of esters is 2. The van der Waals surface area contributed by atoms with Crippen molar-refractivity contribution in [3.63, 3.8) is 0 Å². The molecule has 0 aromatic heterocycles. The number of carbonyl (C=O) groups excluding carboxylic acids is 2. The van der Waals surface area contributed by atoms with Gasteiger partial charge in [-0.25, -0.2) is 9.59 Å². The van der Waals surface area contributed by atoms with E-state index in [4.69, 9.17) is 21.1 Å². The van der Waals surface area contributed by atoms with Gasteiger partial charge in [0.05, 0.1) is 29.4 Å². The Morgan fingerprint density at radius 2 is 2.14 bits per heavy atom. The van der Waals surface area contributed by atoms with E-state index in [0.29, 0.717) is 11.1 Å². The monoisotopic (exact) mass is 412 g/mol. The van der Waals surface area contributed by atoms with Crippen LogP contribution in [0.2, 0.25) is 0 Å². The van der Waals surface area contributed by atoms with Crippen molar-refractivity contribution < 1.29 is 34.4 Å². The number of allylic oxidation sites excluding steroid dienone is 1. The number of carbonyl (C=O) groups is 2. The Bertz CT molecular complexity index is 787. The van der Waals surface area contributed by atoms with Crippen molar-refractivity contribution >= 4 is 23.5 Å². The average molecular weight is 413 g/mol. The van der Waals surface area contributed by atoms with Crippen molar-refractivity contribution in [2.24, 2.45) is 11.8 Å². The Kier molecular flexibility index (Phi) is 5.25. The first-order valence-corrected chi connectivity index (χ1v) is 9.66. The number of hydrogen-bond acceptors (Lipinski definition) is 7. The molecule has 7 atom stereocenters. The van der Waals surface area contributed by atoms with E-state index in [9.17, 15) is 24.9 Å². The van der Waals surface area contributed by atoms with E-state index in [-0.39, 0.29) is 17.9 Å². The zero-order valence-corrected chi connectivity index (χ0v) is 16.8. The molecule has 0 aromatic carbocycles. The molecule has 154 valence electrons. The van der Waals surface area contributed by atoms with Crippen LogP contribution in [-0.4, -0.2) is 62.7 Å². The maximum Gasteiger partial charge on any atom is 0.334 e. The predicted octanol–water partition coefficient (Wildman–Crippen LogP) is 1.00. The fourth-order valence-corrected chi connectivity index (χ4v) is 4.96. The van der Waals surface area contributed by atoms with Crippen molar-refractivity contribution in [2.75, 3.05) is 5.88 Å². The highest BCUT2D eigenvalue weighted by Gasteiger charge is 2.69. The van der Waals surface area contributed by atoms with Crippen LogP contribution in [0.4, 0.5) is 0 Å². The highest BCUT2D eigenvalue weighted by molar-refractivity contribution is 6.18. The Hall–Kier alpha value is -1.67. The van der Waals surface area contributed by atoms with Crippen molar-refractivity contribution in [1.82, 2.24) is 0 Å². The molecule has 1 heterocycles. The first-order chi connectivity index (χ1) is 13.0. The lowest BCUT2D eigenvalue weighted by molar-refractivity contribution is -0.173. The lowest BCUT2D eigenvalue weighted by Crippen LogP contribution is -2.59. The first kappa shape index (κ1) is 21.0. The Morgan fingerprint density at radius 3 is 2.71 bits per heavy atom. The number of aliphatic hydroxyl groups is 3. The fourth-order valence-electron chi connectivity index (χ4n) is 4.69. The van der Waals surface area contributed by atoms with Gasteiger partial charge in [0.1, 0.15) is 17.8 Å². The third-order valence-electron chi connectivity index (χ3n) is 6.31. The minimum absolute atomic E-state index is 0.0427. The summed E-state index contributed by atoms with van der Waals surface area (Å²) in [4.78, 5) is 24.7. The number of rotatable bonds is 3. The summed E-state index contributed by atoms with van der Waals surface area (Å²) in [6.07, 6.45) is -0.606. The van der Waals surface area contributed by atoms with E-state index in [1.807, 2.05) is 0 Å². The molecule has 3 rings (SSSR count). The lowest BCUT2D eigenvalue weighted by Gasteiger charge is -2.43. The summed E-state index contributed by atoms with van der Waals surface area (Å²) >= 11 is 6.07. The number of halogens is 1. The number of alkyl halides is 1. The van der Waals surface area contributed by atoms with Crippen LogP contribution in [0, 0.1) is 11.8 Å². The van der Waals surface area contributed by atoms with Gasteiger partial charge in [0.2, 0.25) is 0 Å². The second-order valence-electron chi connectivity index (χ2n) is 7.88. The second-order valence-corrected chi connectivity index (χ2v) is 8.14. The van der Waals surface area contributed by atoms with Crippen molar-refractivity contribution in [3.8, 4) is 0 Å². The van der Waals surface area contributed by atoms with Crippen LogP contribution in [0.3, 0.4) is 0 Å². The third kappa shape index (κ3) is 2.84. The number of ether oxygens (including phenoxy) is 2. The number of aliphatic hydroxyl groups excluding tert-OH is 1. The van der Waals surface area contributed by atoms with E-state index in [1.54, 1.807) is 26.8 Å². The largest absolute Gasteiger partial charge is 0.458 e. The predicted molar refractivity (Wildman–Crippen MR) is 100 cm³/mol. The van der Waals surface area contributed by atoms with Gasteiger partial charge in [-0.05, 0) is 26.3 Å². The SMILES string of the molecule is C=C1C(=O)O[C@H]2C1[C@H](OC(=O)/C(C)=C\C)C[C@](O)(CCl)C1[C@H](O)C=C(C)[C@@]12O. The van der Waals surface area contributed by atoms with E-state index < -0.39 is 53.3 Å². The molecule has 1 aliphatic heterocycles. The van der Waals surface area contributed by atoms with E-state index in [2.05, 4.69) is 6.58 Å². The van der Waals surface area contributed by atoms with Crippen molar-refractivity contribution in [3.05, 3.63) is 35.5 Å². The zero-order valence-electron chi connectivity index (χ0n) is 16.0. The molecule has 0 aromatic rings. The lowest BCUT2D eigenvalue weighted by atomic mass is 9.71. The highest BCUT2D eigenvalue weighted by Crippen LogP contribution is 2.55. The molecule has 2 aliphatic carbocycles. The second kappa shape index (κ2) is 6.99. The molecule has 1 saturated carbocycles. The van der Waals surface area contributed by atoms with Gasteiger partial charge >= 0.3 is 11.9 Å². The topological polar surface area (TPSA) is 113 Å². The van der Waals surface area contributed by atoms with Gasteiger partial charge in [0.15, 0.2) is 0 Å². The molecule has 0 spiro atoms. The maximum absolute atomic E-state index is 12.4. The van der Waals surface area contributed by atoms with Crippen LogP contribution >= 0.6 is 11.6 Å². The molecular weight excluding hydrogens is 388 g/mol. The standard InChI is InChI=1S/C20H25ClO7/c1-5-9(2)17(23)27-13-7-19(25,8-21)15-12(22)6-10(3)20(15,26)16-14(13)11(4)18(24)28-16/h5-6,12-16,22,25-26H,4,7-8H2,1-3H3/b9-5-/t12-,13-,14?,15?,16+,19+,20-/m1/s1. The zero-order chi connectivity index (χ0) is 21.0. The Morgan fingerprint density at radius 1 is 1.50 bits per heavy atom. The van der Waals surface area contributed by atoms with Crippen LogP contribution < -0.4 is 0 Å². The molecule has 1 saturated heterocycles. The minimum atomic E-state index is -1.88. The number of hydrogen-bond donors (Lipinski definition) is 3. The molecule has 7 nitrogen and oxygen atoms in total. The molecule has 2 fully saturated rings. The summed E-state index contributed by atoms with van der Waals surface area (Å²) in [5.74, 6) is -3.71. The molecule has 3 aliphatic rings. The summed E-state index contributed by atoms with van der Waals surface area (Å²) in [6, 6.07) is 0. The van der Waals surface area contributed by atoms with Gasteiger partial charge in [-0.15, -0.1) is 11.6 Å². The van der Waals surface area contributed by atoms with Crippen LogP contribution in [-0.2, 0) is 19.1 Å². The summed E-state index contributed by atoms with van der Waals surface area (Å²) in [5.41, 5.74) is -2.92. The molecule has 2 unspecified atom stereocenters. The van der Waals surface area contributed by atoms with E-state index >= 15 is 0 Å². The Labute approximate surface area is 168 Å². The van der Waals surface area contributed by atoms with Gasteiger partial charge in [0, 0.05) is 17.6 Å². The van der Waals surface area contributed by atoms with Crippen molar-refractivity contribution in [2.45, 2.75) is 56.7 Å². The molecule has 0 amide bonds. The van der Waals surface area contributed by atoms with Crippen LogP contribution in [0.5, 0.6) is 0 Å². The van der Waals surface area contributed by atoms with Crippen LogP contribution in [0.25, 0.3) is 0 Å².